The summed E-state index contributed by atoms with van der Waals surface area (Å²) < 4.78 is 7.04. The minimum Gasteiger partial charge on any atom is -0.373 e. The minimum atomic E-state index is -1.71. The Bertz CT molecular complexity index is 1460. The Kier molecular flexibility index (Phi) is 5.41. The predicted molar refractivity (Wildman–Crippen MR) is 129 cm³/mol. The summed E-state index contributed by atoms with van der Waals surface area (Å²) in [7, 11) is 3.44. The van der Waals surface area contributed by atoms with Crippen molar-refractivity contribution in [2.45, 2.75) is 18.9 Å². The van der Waals surface area contributed by atoms with Gasteiger partial charge in [0.1, 0.15) is 15.7 Å². The van der Waals surface area contributed by atoms with E-state index in [4.69, 9.17) is 10.3 Å². The zero-order valence-electron chi connectivity index (χ0n) is 19.3. The highest BCUT2D eigenvalue weighted by atomic mass is 32.1. The summed E-state index contributed by atoms with van der Waals surface area (Å²) in [6.07, 6.45) is 2.09. The van der Waals surface area contributed by atoms with Crippen LogP contribution in [0.4, 0.5) is 10.8 Å². The molecule has 4 heterocycles. The Hall–Kier alpha value is -4.03. The van der Waals surface area contributed by atoms with Crippen molar-refractivity contribution < 1.29 is 19.2 Å². The second kappa shape index (κ2) is 8.32. The number of benzene rings is 1. The smallest absolute Gasteiger partial charge is 0.270 e. The maximum atomic E-state index is 12.4. The fourth-order valence-corrected chi connectivity index (χ4v) is 5.00. The molecule has 11 nitrogen and oxygen atoms in total. The van der Waals surface area contributed by atoms with Crippen molar-refractivity contribution in [2.75, 3.05) is 18.9 Å². The molecular weight excluding hydrogens is 470 g/mol. The average Bonchev–Trinajstić information content (AvgIpc) is 3.60. The number of primary amides is 1. The first-order valence-corrected chi connectivity index (χ1v) is 11.6. The molecule has 1 aromatic carbocycles. The number of amides is 2. The normalized spacial score (nSPS) is 17.8. The van der Waals surface area contributed by atoms with Gasteiger partial charge in [0.25, 0.3) is 11.8 Å². The summed E-state index contributed by atoms with van der Waals surface area (Å²) in [6, 6.07) is 8.92. The maximum Gasteiger partial charge on any atom is 0.270 e. The highest BCUT2D eigenvalue weighted by Gasteiger charge is 2.48. The van der Waals surface area contributed by atoms with E-state index in [0.29, 0.717) is 33.6 Å². The van der Waals surface area contributed by atoms with E-state index in [0.717, 1.165) is 11.1 Å². The lowest BCUT2D eigenvalue weighted by molar-refractivity contribution is -0.144. The number of aromatic nitrogens is 4. The molecular formula is C23H23N7O4S. The number of carbonyl (C=O) groups is 2. The molecule has 0 aliphatic carbocycles. The zero-order chi connectivity index (χ0) is 24.9. The van der Waals surface area contributed by atoms with E-state index >= 15 is 0 Å². The van der Waals surface area contributed by atoms with Gasteiger partial charge in [0.2, 0.25) is 5.60 Å². The molecule has 180 valence electrons. The van der Waals surface area contributed by atoms with E-state index in [1.807, 2.05) is 44.4 Å². The Balaban J connectivity index is 1.47. The van der Waals surface area contributed by atoms with E-state index < -0.39 is 17.4 Å². The van der Waals surface area contributed by atoms with Gasteiger partial charge in [-0.15, -0.1) is 0 Å². The second-order valence-electron chi connectivity index (χ2n) is 8.51. The lowest BCUT2D eigenvalue weighted by Crippen LogP contribution is -2.35. The topological polar surface area (TPSA) is 152 Å². The van der Waals surface area contributed by atoms with E-state index in [9.17, 15) is 14.7 Å². The molecule has 0 unspecified atom stereocenters. The number of aliphatic hydroxyl groups is 1. The molecule has 0 saturated carbocycles. The minimum absolute atomic E-state index is 0.106. The van der Waals surface area contributed by atoms with Crippen molar-refractivity contribution in [3.05, 3.63) is 53.5 Å². The van der Waals surface area contributed by atoms with Crippen molar-refractivity contribution in [1.82, 2.24) is 24.8 Å². The van der Waals surface area contributed by atoms with E-state index in [1.165, 1.54) is 16.2 Å². The molecule has 1 saturated heterocycles. The Morgan fingerprint density at radius 2 is 2.06 bits per heavy atom. The van der Waals surface area contributed by atoms with Gasteiger partial charge < -0.3 is 25.6 Å². The number of likely N-dealkylation sites (tertiary alicyclic amines) is 1. The molecule has 3 aromatic heterocycles. The number of nitrogens with zero attached hydrogens (tertiary/aromatic N) is 5. The molecule has 5 rings (SSSR count). The number of anilines is 2. The SMILES string of the molecule is Cc1cn(C)nc1Nc1sc(-c2cccc(-c3cc([C@]4(O)CCN(C)C4=O)on3)c2)nc1C(N)=O. The van der Waals surface area contributed by atoms with Gasteiger partial charge in [-0.25, -0.2) is 4.98 Å². The summed E-state index contributed by atoms with van der Waals surface area (Å²) in [5.41, 5.74) is 6.80. The summed E-state index contributed by atoms with van der Waals surface area (Å²) >= 11 is 1.28. The summed E-state index contributed by atoms with van der Waals surface area (Å²) in [4.78, 5) is 30.4. The largest absolute Gasteiger partial charge is 0.373 e. The third-order valence-corrected chi connectivity index (χ3v) is 6.96. The first-order chi connectivity index (χ1) is 16.7. The average molecular weight is 494 g/mol. The molecule has 1 fully saturated rings. The molecule has 1 aliphatic heterocycles. The van der Waals surface area contributed by atoms with Gasteiger partial charge in [-0.3, -0.25) is 14.3 Å². The summed E-state index contributed by atoms with van der Waals surface area (Å²) in [5, 5.41) is 23.5. The highest BCUT2D eigenvalue weighted by Crippen LogP contribution is 2.37. The van der Waals surface area contributed by atoms with Gasteiger partial charge in [0, 0.05) is 56.0 Å². The van der Waals surface area contributed by atoms with Crippen LogP contribution in [0.15, 0.2) is 41.1 Å². The van der Waals surface area contributed by atoms with E-state index in [1.54, 1.807) is 17.8 Å². The summed E-state index contributed by atoms with van der Waals surface area (Å²) in [5.74, 6) is -0.354. The van der Waals surface area contributed by atoms with Gasteiger partial charge in [-0.05, 0) is 13.0 Å². The van der Waals surface area contributed by atoms with Crippen LogP contribution < -0.4 is 11.1 Å². The number of nitrogens with one attached hydrogen (secondary N) is 1. The molecule has 4 N–H and O–H groups in total. The number of nitrogens with two attached hydrogens (primary N) is 1. The first-order valence-electron chi connectivity index (χ1n) is 10.8. The van der Waals surface area contributed by atoms with Gasteiger partial charge in [0.15, 0.2) is 17.3 Å². The van der Waals surface area contributed by atoms with Gasteiger partial charge >= 0.3 is 0 Å². The molecule has 2 amide bonds. The number of hydrogen-bond acceptors (Lipinski definition) is 9. The van der Waals surface area contributed by atoms with Crippen LogP contribution in [0.25, 0.3) is 21.8 Å². The van der Waals surface area contributed by atoms with Crippen LogP contribution in [0.5, 0.6) is 0 Å². The monoisotopic (exact) mass is 493 g/mol. The van der Waals surface area contributed by atoms with Crippen LogP contribution >= 0.6 is 11.3 Å². The molecule has 0 radical (unpaired) electrons. The van der Waals surface area contributed by atoms with Crippen molar-refractivity contribution in [3.8, 4) is 21.8 Å². The van der Waals surface area contributed by atoms with Gasteiger partial charge in [-0.2, -0.15) is 5.10 Å². The van der Waals surface area contributed by atoms with Crippen molar-refractivity contribution >= 4 is 34.0 Å². The van der Waals surface area contributed by atoms with Gasteiger partial charge in [-0.1, -0.05) is 34.7 Å². The first kappa shape index (κ1) is 22.7. The third kappa shape index (κ3) is 3.96. The molecule has 1 aliphatic rings. The standard InChI is InChI=1S/C23H23N7O4S/c1-12-11-30(3)27-19(12)26-21-17(18(24)31)25-20(35-21)14-6-4-5-13(9-14)15-10-16(34-28-15)23(33)7-8-29(2)22(23)32/h4-6,9-11,33H,7-8H2,1-3H3,(H2,24,31)(H,26,27)/t23-/m1/s1. The predicted octanol–water partition coefficient (Wildman–Crippen LogP) is 2.40. The lowest BCUT2D eigenvalue weighted by atomic mass is 9.98. The molecule has 0 bridgehead atoms. The maximum absolute atomic E-state index is 12.4. The van der Waals surface area contributed by atoms with Crippen LogP contribution in [0.2, 0.25) is 0 Å². The Labute approximate surface area is 204 Å². The van der Waals surface area contributed by atoms with Crippen LogP contribution in [-0.4, -0.2) is 55.3 Å². The van der Waals surface area contributed by atoms with Crippen LogP contribution in [-0.2, 0) is 17.4 Å². The molecule has 12 heteroatoms. The van der Waals surface area contributed by atoms with Gasteiger partial charge in [0.05, 0.1) is 0 Å². The van der Waals surface area contributed by atoms with Crippen LogP contribution in [0.3, 0.4) is 0 Å². The molecule has 35 heavy (non-hydrogen) atoms. The lowest BCUT2D eigenvalue weighted by Gasteiger charge is -2.16. The molecule has 0 spiro atoms. The molecule has 4 aromatic rings. The number of rotatable bonds is 6. The molecule has 1 atom stereocenters. The number of thiazole rings is 1. The van der Waals surface area contributed by atoms with Crippen LogP contribution in [0, 0.1) is 6.92 Å². The van der Waals surface area contributed by atoms with Crippen LogP contribution in [0.1, 0.15) is 28.2 Å². The Morgan fingerprint density at radius 3 is 2.71 bits per heavy atom. The third-order valence-electron chi connectivity index (χ3n) is 5.94. The number of hydrogen-bond donors (Lipinski definition) is 3. The quantitative estimate of drug-likeness (QED) is 0.370. The summed E-state index contributed by atoms with van der Waals surface area (Å²) in [6.45, 7) is 2.34. The van der Waals surface area contributed by atoms with E-state index in [-0.39, 0.29) is 17.9 Å². The van der Waals surface area contributed by atoms with Crippen molar-refractivity contribution in [1.29, 1.82) is 0 Å². The fraction of sp³-hybridized carbons (Fsp3) is 0.261. The number of carbonyl (C=O) groups excluding carboxylic acids is 2. The zero-order valence-corrected chi connectivity index (χ0v) is 20.1. The van der Waals surface area contributed by atoms with E-state index in [2.05, 4.69) is 20.6 Å². The second-order valence-corrected chi connectivity index (χ2v) is 9.51. The number of aryl methyl sites for hydroxylation is 2. The van der Waals surface area contributed by atoms with Crippen molar-refractivity contribution in [3.63, 3.8) is 0 Å². The van der Waals surface area contributed by atoms with Crippen molar-refractivity contribution in [2.24, 2.45) is 12.8 Å². The Morgan fingerprint density at radius 1 is 1.29 bits per heavy atom. The highest BCUT2D eigenvalue weighted by molar-refractivity contribution is 7.19. The number of likely N-dealkylation sites (N-methyl/N-ethyl adjacent to an activating group) is 1. The fourth-order valence-electron chi connectivity index (χ4n) is 4.03.